The van der Waals surface area contributed by atoms with Crippen LogP contribution in [0.15, 0.2) is 36.5 Å². The summed E-state index contributed by atoms with van der Waals surface area (Å²) >= 11 is 1.44. The molecular formula is C25H32ClN3O3S. The van der Waals surface area contributed by atoms with Crippen LogP contribution in [-0.2, 0) is 4.79 Å². The van der Waals surface area contributed by atoms with Crippen molar-refractivity contribution in [3.05, 3.63) is 47.7 Å². The Bertz CT molecular complexity index is 1120. The third kappa shape index (κ3) is 5.66. The summed E-state index contributed by atoms with van der Waals surface area (Å²) < 4.78 is 15.5. The zero-order valence-corrected chi connectivity index (χ0v) is 21.6. The third-order valence-corrected chi connectivity index (χ3v) is 6.96. The van der Waals surface area contributed by atoms with Crippen LogP contribution in [0.4, 0.5) is 5.69 Å². The summed E-state index contributed by atoms with van der Waals surface area (Å²) in [5, 5.41) is 3.01. The highest BCUT2D eigenvalue weighted by Gasteiger charge is 2.24. The molecule has 2 aromatic carbocycles. The maximum atomic E-state index is 12.8. The Labute approximate surface area is 206 Å². The molecule has 0 aliphatic heterocycles. The summed E-state index contributed by atoms with van der Waals surface area (Å²) in [4.78, 5) is 13.8. The molecule has 33 heavy (non-hydrogen) atoms. The first-order valence-corrected chi connectivity index (χ1v) is 11.5. The lowest BCUT2D eigenvalue weighted by atomic mass is 9.98. The zero-order chi connectivity index (χ0) is 23.4. The van der Waals surface area contributed by atoms with E-state index in [1.165, 1.54) is 11.5 Å². The molecular weight excluding hydrogens is 458 g/mol. The SMILES string of the molecule is CCC(C)[C@@H]([NH3+])C(=O)Nc1cc(-c2cnsc2-c2cc(C)c(C)c(OC)c2)ccc1OC.[Cl-]. The van der Waals surface area contributed by atoms with Gasteiger partial charge < -0.3 is 32.9 Å². The molecule has 3 aromatic rings. The number of aryl methyl sites for hydroxylation is 1. The van der Waals surface area contributed by atoms with E-state index in [2.05, 4.69) is 42.3 Å². The van der Waals surface area contributed by atoms with Crippen LogP contribution in [0, 0.1) is 19.8 Å². The molecule has 0 saturated carbocycles. The van der Waals surface area contributed by atoms with Gasteiger partial charge >= 0.3 is 0 Å². The van der Waals surface area contributed by atoms with Crippen LogP contribution in [0.1, 0.15) is 31.4 Å². The van der Waals surface area contributed by atoms with Crippen molar-refractivity contribution in [3.8, 4) is 33.1 Å². The van der Waals surface area contributed by atoms with Gasteiger partial charge in [-0.1, -0.05) is 26.0 Å². The summed E-state index contributed by atoms with van der Waals surface area (Å²) in [6.07, 6.45) is 2.75. The van der Waals surface area contributed by atoms with Gasteiger partial charge in [-0.3, -0.25) is 4.79 Å². The van der Waals surface area contributed by atoms with Gasteiger partial charge in [0.2, 0.25) is 0 Å². The van der Waals surface area contributed by atoms with Gasteiger partial charge in [0.15, 0.2) is 6.04 Å². The molecule has 6 nitrogen and oxygen atoms in total. The van der Waals surface area contributed by atoms with Crippen LogP contribution < -0.4 is 32.9 Å². The van der Waals surface area contributed by atoms with Crippen molar-refractivity contribution in [2.24, 2.45) is 5.92 Å². The second-order valence-electron chi connectivity index (χ2n) is 8.09. The number of nitrogens with one attached hydrogen (secondary N) is 1. The van der Waals surface area contributed by atoms with Gasteiger partial charge in [0.05, 0.1) is 24.8 Å². The number of rotatable bonds is 8. The minimum absolute atomic E-state index is 0. The minimum atomic E-state index is -0.338. The number of nitrogens with zero attached hydrogens (tertiary/aromatic N) is 1. The molecule has 2 atom stereocenters. The highest BCUT2D eigenvalue weighted by Crippen LogP contribution is 2.40. The van der Waals surface area contributed by atoms with E-state index in [0.29, 0.717) is 11.4 Å². The molecule has 0 fully saturated rings. The molecule has 0 saturated heterocycles. The molecule has 0 aliphatic carbocycles. The Morgan fingerprint density at radius 2 is 1.82 bits per heavy atom. The maximum absolute atomic E-state index is 12.8. The van der Waals surface area contributed by atoms with E-state index in [1.807, 2.05) is 37.4 Å². The normalized spacial score (nSPS) is 12.5. The first-order valence-electron chi connectivity index (χ1n) is 10.7. The largest absolute Gasteiger partial charge is 1.00 e. The molecule has 8 heteroatoms. The van der Waals surface area contributed by atoms with Gasteiger partial charge in [-0.25, -0.2) is 0 Å². The van der Waals surface area contributed by atoms with Gasteiger partial charge in [-0.15, -0.1) is 0 Å². The monoisotopic (exact) mass is 489 g/mol. The van der Waals surface area contributed by atoms with Crippen molar-refractivity contribution >= 4 is 23.1 Å². The molecule has 1 unspecified atom stereocenters. The molecule has 1 heterocycles. The van der Waals surface area contributed by atoms with E-state index in [0.717, 1.165) is 44.9 Å². The first-order chi connectivity index (χ1) is 15.3. The van der Waals surface area contributed by atoms with Gasteiger partial charge in [-0.05, 0) is 72.3 Å². The number of ether oxygens (including phenoxy) is 2. The number of carbonyl (C=O) groups excluding carboxylic acids is 1. The number of benzene rings is 2. The fourth-order valence-corrected chi connectivity index (χ4v) is 4.32. The lowest BCUT2D eigenvalue weighted by Gasteiger charge is -2.17. The van der Waals surface area contributed by atoms with E-state index in [-0.39, 0.29) is 30.3 Å². The van der Waals surface area contributed by atoms with E-state index in [1.54, 1.807) is 14.2 Å². The number of halogens is 1. The number of methoxy groups -OCH3 is 2. The molecule has 1 aromatic heterocycles. The summed E-state index contributed by atoms with van der Waals surface area (Å²) in [5.41, 5.74) is 9.95. The second-order valence-corrected chi connectivity index (χ2v) is 8.89. The fourth-order valence-electron chi connectivity index (χ4n) is 3.57. The Hall–Kier alpha value is -2.61. The van der Waals surface area contributed by atoms with E-state index < -0.39 is 0 Å². The lowest BCUT2D eigenvalue weighted by Crippen LogP contribution is -3.00. The first kappa shape index (κ1) is 26.6. The third-order valence-electron chi connectivity index (χ3n) is 6.11. The molecule has 0 bridgehead atoms. The highest BCUT2D eigenvalue weighted by atomic mass is 35.5. The summed E-state index contributed by atoms with van der Waals surface area (Å²) in [6.45, 7) is 8.23. The van der Waals surface area contributed by atoms with Gasteiger partial charge in [-0.2, -0.15) is 4.37 Å². The van der Waals surface area contributed by atoms with Crippen LogP contribution in [0.2, 0.25) is 0 Å². The molecule has 0 aliphatic rings. The minimum Gasteiger partial charge on any atom is -1.00 e. The van der Waals surface area contributed by atoms with Gasteiger partial charge in [0.1, 0.15) is 11.5 Å². The number of aromatic nitrogens is 1. The second kappa shape index (κ2) is 11.5. The predicted octanol–water partition coefficient (Wildman–Crippen LogP) is 1.71. The molecule has 0 spiro atoms. The van der Waals surface area contributed by atoms with E-state index in [4.69, 9.17) is 9.47 Å². The summed E-state index contributed by atoms with van der Waals surface area (Å²) in [7, 11) is 3.28. The van der Waals surface area contributed by atoms with E-state index >= 15 is 0 Å². The highest BCUT2D eigenvalue weighted by molar-refractivity contribution is 7.10. The molecule has 178 valence electrons. The average Bonchev–Trinajstić information content (AvgIpc) is 3.29. The molecule has 0 radical (unpaired) electrons. The maximum Gasteiger partial charge on any atom is 0.282 e. The Kier molecular flexibility index (Phi) is 9.28. The zero-order valence-electron chi connectivity index (χ0n) is 20.0. The lowest BCUT2D eigenvalue weighted by molar-refractivity contribution is -0.414. The number of amides is 1. The number of hydrogen-bond acceptors (Lipinski definition) is 5. The van der Waals surface area contributed by atoms with Crippen LogP contribution in [0.5, 0.6) is 11.5 Å². The van der Waals surface area contributed by atoms with Crippen molar-refractivity contribution < 1.29 is 32.4 Å². The van der Waals surface area contributed by atoms with E-state index in [9.17, 15) is 4.79 Å². The summed E-state index contributed by atoms with van der Waals surface area (Å²) in [6, 6.07) is 9.65. The quantitative estimate of drug-likeness (QED) is 0.504. The number of hydrogen-bond donors (Lipinski definition) is 2. The van der Waals surface area contributed by atoms with Crippen LogP contribution in [-0.4, -0.2) is 30.5 Å². The fraction of sp³-hybridized carbons (Fsp3) is 0.360. The Morgan fingerprint density at radius 3 is 2.45 bits per heavy atom. The summed E-state index contributed by atoms with van der Waals surface area (Å²) in [5.74, 6) is 1.54. The standard InChI is InChI=1S/C25H31N3O3S.ClH/c1-7-14(2)23(26)25(29)28-20-11-17(8-9-21(20)30-5)19-13-27-32-24(19)18-10-15(3)16(4)22(12-18)31-6;/h8-14,23H,7,26H2,1-6H3,(H,28,29);1H/t14?,23-;/m1./s1. The molecule has 4 N–H and O–H groups in total. The van der Waals surface area contributed by atoms with Crippen LogP contribution in [0.3, 0.4) is 0 Å². The average molecular weight is 490 g/mol. The van der Waals surface area contributed by atoms with Crippen LogP contribution in [0.25, 0.3) is 21.6 Å². The van der Waals surface area contributed by atoms with Crippen molar-refractivity contribution in [2.75, 3.05) is 19.5 Å². The molecule has 3 rings (SSSR count). The van der Waals surface area contributed by atoms with Crippen molar-refractivity contribution in [2.45, 2.75) is 40.2 Å². The topological polar surface area (TPSA) is 88.1 Å². The van der Waals surface area contributed by atoms with Gasteiger partial charge in [0, 0.05) is 17.7 Å². The van der Waals surface area contributed by atoms with Crippen LogP contribution >= 0.6 is 11.5 Å². The Balaban J connectivity index is 0.00000385. The van der Waals surface area contributed by atoms with Gasteiger partial charge in [0.25, 0.3) is 5.91 Å². The number of quaternary nitrogens is 1. The number of anilines is 1. The molecule has 1 amide bonds. The smallest absolute Gasteiger partial charge is 0.282 e. The Morgan fingerprint density at radius 1 is 1.12 bits per heavy atom. The van der Waals surface area contributed by atoms with Crippen molar-refractivity contribution in [1.29, 1.82) is 0 Å². The van der Waals surface area contributed by atoms with Crippen molar-refractivity contribution in [1.82, 2.24) is 4.37 Å². The predicted molar refractivity (Wildman–Crippen MR) is 130 cm³/mol. The van der Waals surface area contributed by atoms with Crippen molar-refractivity contribution in [3.63, 3.8) is 0 Å². The number of carbonyl (C=O) groups is 1.